The van der Waals surface area contributed by atoms with E-state index in [4.69, 9.17) is 11.6 Å². The van der Waals surface area contributed by atoms with E-state index in [1.54, 1.807) is 36.9 Å². The second kappa shape index (κ2) is 7.36. The molecule has 0 saturated carbocycles. The summed E-state index contributed by atoms with van der Waals surface area (Å²) in [5.74, 6) is 0.517. The lowest BCUT2D eigenvalue weighted by Crippen LogP contribution is -2.27. The minimum atomic E-state index is -0.119. The highest BCUT2D eigenvalue weighted by molar-refractivity contribution is 7.99. The highest BCUT2D eigenvalue weighted by Crippen LogP contribution is 2.21. The Hall–Kier alpha value is -1.53. The Morgan fingerprint density at radius 3 is 2.70 bits per heavy atom. The molecule has 0 bridgehead atoms. The highest BCUT2D eigenvalue weighted by atomic mass is 35.5. The largest absolute Gasteiger partial charge is 0.348 e. The third kappa shape index (κ3) is 4.26. The highest BCUT2D eigenvalue weighted by Gasteiger charge is 2.15. The monoisotopic (exact) mass is 353 g/mol. The van der Waals surface area contributed by atoms with Gasteiger partial charge in [0, 0.05) is 25.7 Å². The number of amides is 1. The lowest BCUT2D eigenvalue weighted by Gasteiger charge is -2.15. The average Bonchev–Trinajstić information content (AvgIpc) is 2.48. The van der Waals surface area contributed by atoms with Crippen molar-refractivity contribution < 1.29 is 4.79 Å². The van der Waals surface area contributed by atoms with E-state index in [0.29, 0.717) is 27.6 Å². The number of halogens is 1. The number of hydrogen-bond donors (Lipinski definition) is 0. The van der Waals surface area contributed by atoms with Crippen molar-refractivity contribution in [1.29, 1.82) is 0 Å². The van der Waals surface area contributed by atoms with Gasteiger partial charge in [-0.15, -0.1) is 0 Å². The van der Waals surface area contributed by atoms with E-state index in [0.717, 1.165) is 0 Å². The van der Waals surface area contributed by atoms with Crippen LogP contribution in [-0.4, -0.2) is 40.2 Å². The summed E-state index contributed by atoms with van der Waals surface area (Å²) in [5.41, 5.74) is 0.477. The molecule has 124 valence electrons. The van der Waals surface area contributed by atoms with E-state index >= 15 is 0 Å². The van der Waals surface area contributed by atoms with Crippen LogP contribution in [0, 0.1) is 5.92 Å². The number of carbonyl (C=O) groups is 1. The first kappa shape index (κ1) is 17.8. The lowest BCUT2D eigenvalue weighted by atomic mass is 10.2. The molecule has 1 aromatic carbocycles. The molecule has 0 aliphatic heterocycles. The van der Waals surface area contributed by atoms with Gasteiger partial charge >= 0.3 is 0 Å². The molecule has 1 heterocycles. The summed E-state index contributed by atoms with van der Waals surface area (Å²) in [6.07, 6.45) is 0. The van der Waals surface area contributed by atoms with Crippen LogP contribution in [0.2, 0.25) is 5.02 Å². The molecule has 0 N–H and O–H groups in total. The van der Waals surface area contributed by atoms with Gasteiger partial charge in [-0.2, -0.15) is 0 Å². The number of fused-ring (bicyclic) bond motifs is 1. The van der Waals surface area contributed by atoms with Crippen molar-refractivity contribution in [2.24, 2.45) is 5.92 Å². The number of nitrogens with zero attached hydrogens (tertiary/aromatic N) is 3. The number of hydrogen-bond acceptors (Lipinski definition) is 4. The van der Waals surface area contributed by atoms with Gasteiger partial charge in [0.25, 0.3) is 5.56 Å². The van der Waals surface area contributed by atoms with Gasteiger partial charge in [-0.25, -0.2) is 4.98 Å². The minimum absolute atomic E-state index is 0.0171. The zero-order chi connectivity index (χ0) is 17.1. The summed E-state index contributed by atoms with van der Waals surface area (Å²) in [5, 5.41) is 1.57. The Labute approximate surface area is 144 Å². The summed E-state index contributed by atoms with van der Waals surface area (Å²) in [4.78, 5) is 30.7. The molecule has 7 heteroatoms. The van der Waals surface area contributed by atoms with Crippen molar-refractivity contribution in [3.8, 4) is 0 Å². The fourth-order valence-electron chi connectivity index (χ4n) is 2.06. The summed E-state index contributed by atoms with van der Waals surface area (Å²) < 4.78 is 1.64. The van der Waals surface area contributed by atoms with Crippen LogP contribution < -0.4 is 5.56 Å². The first-order valence-electron chi connectivity index (χ1n) is 7.32. The molecular weight excluding hydrogens is 334 g/mol. The smallest absolute Gasteiger partial charge is 0.262 e. The van der Waals surface area contributed by atoms with Crippen molar-refractivity contribution >= 4 is 40.2 Å². The number of aromatic nitrogens is 2. The summed E-state index contributed by atoms with van der Waals surface area (Å²) >= 11 is 7.28. The van der Waals surface area contributed by atoms with Crippen LogP contribution >= 0.6 is 23.4 Å². The predicted molar refractivity (Wildman–Crippen MR) is 95.3 cm³/mol. The number of rotatable bonds is 5. The minimum Gasteiger partial charge on any atom is -0.348 e. The normalized spacial score (nSPS) is 11.2. The Bertz CT molecular complexity index is 787. The molecule has 1 aromatic heterocycles. The zero-order valence-corrected chi connectivity index (χ0v) is 15.2. The second-order valence-electron chi connectivity index (χ2n) is 5.94. The van der Waals surface area contributed by atoms with E-state index < -0.39 is 0 Å². The quantitative estimate of drug-likeness (QED) is 0.612. The van der Waals surface area contributed by atoms with Gasteiger partial charge in [0.1, 0.15) is 0 Å². The van der Waals surface area contributed by atoms with E-state index in [-0.39, 0.29) is 23.1 Å². The Kier molecular flexibility index (Phi) is 5.70. The molecule has 1 amide bonds. The molecule has 0 saturated heterocycles. The standard InChI is InChI=1S/C16H20ClN3O2S/c1-10(2)8-20-15(22)12-7-11(17)5-6-13(12)18-16(20)23-9-14(21)19(3)4/h5-7,10H,8-9H2,1-4H3. The van der Waals surface area contributed by atoms with Crippen molar-refractivity contribution in [2.45, 2.75) is 25.5 Å². The SMILES string of the molecule is CC(C)Cn1c(SCC(=O)N(C)C)nc2ccc(Cl)cc2c1=O. The van der Waals surface area contributed by atoms with Gasteiger partial charge in [0.2, 0.25) is 5.91 Å². The molecule has 0 fully saturated rings. The molecule has 0 aliphatic carbocycles. The second-order valence-corrected chi connectivity index (χ2v) is 7.32. The molecule has 2 rings (SSSR count). The van der Waals surface area contributed by atoms with Crippen LogP contribution in [0.15, 0.2) is 28.2 Å². The van der Waals surface area contributed by atoms with Crippen LogP contribution in [0.25, 0.3) is 10.9 Å². The van der Waals surface area contributed by atoms with Gasteiger partial charge in [0.05, 0.1) is 16.7 Å². The van der Waals surface area contributed by atoms with Crippen LogP contribution in [0.5, 0.6) is 0 Å². The van der Waals surface area contributed by atoms with Crippen molar-refractivity contribution in [3.63, 3.8) is 0 Å². The van der Waals surface area contributed by atoms with Gasteiger partial charge in [-0.1, -0.05) is 37.2 Å². The zero-order valence-electron chi connectivity index (χ0n) is 13.7. The Balaban J connectivity index is 2.50. The van der Waals surface area contributed by atoms with Crippen LogP contribution in [0.4, 0.5) is 0 Å². The van der Waals surface area contributed by atoms with Crippen LogP contribution in [0.3, 0.4) is 0 Å². The first-order valence-corrected chi connectivity index (χ1v) is 8.69. The molecule has 0 radical (unpaired) electrons. The topological polar surface area (TPSA) is 55.2 Å². The maximum atomic E-state index is 12.8. The van der Waals surface area contributed by atoms with Crippen molar-refractivity contribution in [2.75, 3.05) is 19.8 Å². The Morgan fingerprint density at radius 1 is 1.39 bits per heavy atom. The number of thioether (sulfide) groups is 1. The third-order valence-electron chi connectivity index (χ3n) is 3.25. The molecule has 0 atom stereocenters. The fraction of sp³-hybridized carbons (Fsp3) is 0.438. The molecule has 0 unspecified atom stereocenters. The molecule has 0 aliphatic rings. The molecule has 5 nitrogen and oxygen atoms in total. The van der Waals surface area contributed by atoms with Gasteiger partial charge in [-0.3, -0.25) is 14.2 Å². The van der Waals surface area contributed by atoms with E-state index in [1.807, 2.05) is 13.8 Å². The van der Waals surface area contributed by atoms with E-state index in [1.165, 1.54) is 16.7 Å². The summed E-state index contributed by atoms with van der Waals surface area (Å²) in [6.45, 7) is 4.62. The van der Waals surface area contributed by atoms with Gasteiger partial charge < -0.3 is 4.90 Å². The lowest BCUT2D eigenvalue weighted by molar-refractivity contribution is -0.125. The van der Waals surface area contributed by atoms with E-state index in [2.05, 4.69) is 4.98 Å². The summed E-state index contributed by atoms with van der Waals surface area (Å²) in [6, 6.07) is 5.08. The van der Waals surface area contributed by atoms with Gasteiger partial charge in [-0.05, 0) is 24.1 Å². The maximum Gasteiger partial charge on any atom is 0.262 e. The van der Waals surface area contributed by atoms with Crippen LogP contribution in [0.1, 0.15) is 13.8 Å². The molecule has 23 heavy (non-hydrogen) atoms. The molecule has 2 aromatic rings. The average molecular weight is 354 g/mol. The molecular formula is C16H20ClN3O2S. The molecule has 0 spiro atoms. The number of benzene rings is 1. The predicted octanol–water partition coefficient (Wildman–Crippen LogP) is 2.89. The van der Waals surface area contributed by atoms with Gasteiger partial charge in [0.15, 0.2) is 5.16 Å². The third-order valence-corrected chi connectivity index (χ3v) is 4.45. The summed E-state index contributed by atoms with van der Waals surface area (Å²) in [7, 11) is 3.42. The Morgan fingerprint density at radius 2 is 2.09 bits per heavy atom. The van der Waals surface area contributed by atoms with Crippen LogP contribution in [-0.2, 0) is 11.3 Å². The maximum absolute atomic E-state index is 12.8. The van der Waals surface area contributed by atoms with Crippen molar-refractivity contribution in [3.05, 3.63) is 33.6 Å². The number of carbonyl (C=O) groups excluding carboxylic acids is 1. The first-order chi connectivity index (χ1) is 10.8. The fourth-order valence-corrected chi connectivity index (χ4v) is 3.22. The van der Waals surface area contributed by atoms with E-state index in [9.17, 15) is 9.59 Å². The van der Waals surface area contributed by atoms with Crippen molar-refractivity contribution in [1.82, 2.24) is 14.5 Å².